The average molecular weight is 209 g/mol. The van der Waals surface area contributed by atoms with Gasteiger partial charge in [0.05, 0.1) is 17.5 Å². The molecule has 1 aliphatic carbocycles. The topological polar surface area (TPSA) is 50.1 Å². The summed E-state index contributed by atoms with van der Waals surface area (Å²) in [7, 11) is 1.92. The molecule has 1 aliphatic rings. The van der Waals surface area contributed by atoms with Gasteiger partial charge in [-0.2, -0.15) is 5.10 Å². The van der Waals surface area contributed by atoms with Crippen LogP contribution in [0.1, 0.15) is 26.0 Å². The molecule has 0 radical (unpaired) electrons. The van der Waals surface area contributed by atoms with Crippen LogP contribution in [0.3, 0.4) is 0 Å². The average Bonchev–Trinajstić information content (AvgIpc) is 2.45. The number of aryl methyl sites for hydroxylation is 2. The molecule has 0 saturated heterocycles. The Labute approximate surface area is 90.3 Å². The van der Waals surface area contributed by atoms with Gasteiger partial charge >= 0.3 is 0 Å². The van der Waals surface area contributed by atoms with Crippen molar-refractivity contribution >= 4 is 5.69 Å². The van der Waals surface area contributed by atoms with E-state index in [0.29, 0.717) is 6.04 Å². The first kappa shape index (κ1) is 10.5. The molecule has 2 atom stereocenters. The van der Waals surface area contributed by atoms with Crippen LogP contribution in [-0.4, -0.2) is 27.0 Å². The number of nitrogens with zero attached hydrogens (tertiary/aromatic N) is 2. The molecule has 0 aliphatic heterocycles. The van der Waals surface area contributed by atoms with Crippen LogP contribution in [0.2, 0.25) is 0 Å². The maximum atomic E-state index is 9.64. The summed E-state index contributed by atoms with van der Waals surface area (Å²) in [6, 6.07) is 0.343. The largest absolute Gasteiger partial charge is 0.392 e. The van der Waals surface area contributed by atoms with Crippen molar-refractivity contribution in [2.75, 3.05) is 5.32 Å². The number of aromatic nitrogens is 2. The Kier molecular flexibility index (Phi) is 2.26. The highest BCUT2D eigenvalue weighted by Gasteiger charge is 2.47. The van der Waals surface area contributed by atoms with E-state index in [1.807, 2.05) is 20.2 Å². The molecule has 1 heterocycles. The van der Waals surface area contributed by atoms with E-state index < -0.39 is 0 Å². The van der Waals surface area contributed by atoms with Gasteiger partial charge in [-0.05, 0) is 13.3 Å². The quantitative estimate of drug-likeness (QED) is 0.772. The van der Waals surface area contributed by atoms with Crippen molar-refractivity contribution in [1.82, 2.24) is 9.78 Å². The number of hydrogen-bond acceptors (Lipinski definition) is 3. The van der Waals surface area contributed by atoms with Gasteiger partial charge in [0.1, 0.15) is 0 Å². The van der Waals surface area contributed by atoms with Crippen molar-refractivity contribution in [2.45, 2.75) is 39.3 Å². The molecule has 15 heavy (non-hydrogen) atoms. The second kappa shape index (κ2) is 3.23. The summed E-state index contributed by atoms with van der Waals surface area (Å²) in [5, 5.41) is 17.4. The summed E-state index contributed by atoms with van der Waals surface area (Å²) >= 11 is 0. The first-order chi connectivity index (χ1) is 6.91. The zero-order valence-electron chi connectivity index (χ0n) is 9.78. The minimum absolute atomic E-state index is 0.0394. The van der Waals surface area contributed by atoms with Crippen LogP contribution in [0.4, 0.5) is 5.69 Å². The van der Waals surface area contributed by atoms with Gasteiger partial charge in [0.15, 0.2) is 0 Å². The third-order valence-electron chi connectivity index (χ3n) is 3.56. The summed E-state index contributed by atoms with van der Waals surface area (Å²) in [5.41, 5.74) is 2.04. The van der Waals surface area contributed by atoms with Crippen LogP contribution in [0.5, 0.6) is 0 Å². The number of nitrogens with one attached hydrogen (secondary N) is 1. The van der Waals surface area contributed by atoms with Crippen LogP contribution in [0, 0.1) is 12.3 Å². The van der Waals surface area contributed by atoms with Gasteiger partial charge in [-0.3, -0.25) is 4.68 Å². The van der Waals surface area contributed by atoms with Crippen LogP contribution in [-0.2, 0) is 7.05 Å². The van der Waals surface area contributed by atoms with Gasteiger partial charge in [-0.15, -0.1) is 0 Å². The second-order valence-corrected chi connectivity index (χ2v) is 5.07. The van der Waals surface area contributed by atoms with Crippen LogP contribution < -0.4 is 5.32 Å². The normalized spacial score (nSPS) is 28.6. The summed E-state index contributed by atoms with van der Waals surface area (Å²) in [6.07, 6.45) is 2.62. The predicted octanol–water partition coefficient (Wildman–Crippen LogP) is 1.30. The molecule has 1 fully saturated rings. The Morgan fingerprint density at radius 2 is 2.27 bits per heavy atom. The molecular weight excluding hydrogens is 190 g/mol. The van der Waals surface area contributed by atoms with Crippen LogP contribution in [0.25, 0.3) is 0 Å². The third-order valence-corrected chi connectivity index (χ3v) is 3.56. The maximum Gasteiger partial charge on any atom is 0.0825 e. The number of anilines is 1. The lowest BCUT2D eigenvalue weighted by atomic mass is 9.64. The standard InChI is InChI=1S/C11H19N3O/c1-7-8(6-14(4)13-7)12-9-5-10(15)11(9,2)3/h6,9-10,12,15H,5H2,1-4H3. The molecule has 0 amide bonds. The fourth-order valence-corrected chi connectivity index (χ4v) is 2.08. The lowest BCUT2D eigenvalue weighted by molar-refractivity contribution is -0.0510. The fraction of sp³-hybridized carbons (Fsp3) is 0.727. The molecule has 0 aromatic carbocycles. The van der Waals surface area contributed by atoms with Gasteiger partial charge < -0.3 is 10.4 Å². The zero-order valence-corrected chi connectivity index (χ0v) is 9.78. The number of rotatable bonds is 2. The monoisotopic (exact) mass is 209 g/mol. The van der Waals surface area contributed by atoms with E-state index in [0.717, 1.165) is 17.8 Å². The molecule has 4 nitrogen and oxygen atoms in total. The number of aliphatic hydroxyl groups excluding tert-OH is 1. The fourth-order valence-electron chi connectivity index (χ4n) is 2.08. The molecule has 2 unspecified atom stereocenters. The smallest absolute Gasteiger partial charge is 0.0825 e. The molecule has 4 heteroatoms. The van der Waals surface area contributed by atoms with E-state index in [-0.39, 0.29) is 11.5 Å². The molecule has 1 saturated carbocycles. The molecule has 0 bridgehead atoms. The highest BCUT2D eigenvalue weighted by atomic mass is 16.3. The predicted molar refractivity (Wildman–Crippen MR) is 59.8 cm³/mol. The Bertz CT molecular complexity index is 370. The Hall–Kier alpha value is -1.03. The van der Waals surface area contributed by atoms with Gasteiger partial charge in [0, 0.05) is 24.7 Å². The van der Waals surface area contributed by atoms with Crippen molar-refractivity contribution in [3.63, 3.8) is 0 Å². The van der Waals surface area contributed by atoms with E-state index >= 15 is 0 Å². The lowest BCUT2D eigenvalue weighted by Gasteiger charge is -2.49. The van der Waals surface area contributed by atoms with Crippen molar-refractivity contribution in [3.05, 3.63) is 11.9 Å². The van der Waals surface area contributed by atoms with E-state index in [9.17, 15) is 5.11 Å². The highest BCUT2D eigenvalue weighted by Crippen LogP contribution is 2.42. The minimum atomic E-state index is -0.188. The van der Waals surface area contributed by atoms with Gasteiger partial charge in [-0.1, -0.05) is 13.8 Å². The summed E-state index contributed by atoms with van der Waals surface area (Å²) in [5.74, 6) is 0. The maximum absolute atomic E-state index is 9.64. The van der Waals surface area contributed by atoms with Crippen LogP contribution in [0.15, 0.2) is 6.20 Å². The van der Waals surface area contributed by atoms with E-state index in [1.54, 1.807) is 4.68 Å². The zero-order chi connectivity index (χ0) is 11.2. The summed E-state index contributed by atoms with van der Waals surface area (Å²) < 4.78 is 1.81. The summed E-state index contributed by atoms with van der Waals surface area (Å²) in [6.45, 7) is 6.17. The highest BCUT2D eigenvalue weighted by molar-refractivity contribution is 5.47. The Balaban J connectivity index is 2.08. The van der Waals surface area contributed by atoms with Crippen molar-refractivity contribution in [1.29, 1.82) is 0 Å². The molecule has 0 spiro atoms. The van der Waals surface area contributed by atoms with E-state index in [2.05, 4.69) is 24.3 Å². The van der Waals surface area contributed by atoms with Crippen LogP contribution >= 0.6 is 0 Å². The SMILES string of the molecule is Cc1nn(C)cc1NC1CC(O)C1(C)C. The van der Waals surface area contributed by atoms with Crippen molar-refractivity contribution in [2.24, 2.45) is 12.5 Å². The number of aliphatic hydroxyl groups is 1. The molecular formula is C11H19N3O. The van der Waals surface area contributed by atoms with E-state index in [1.165, 1.54) is 0 Å². The Morgan fingerprint density at radius 1 is 1.60 bits per heavy atom. The van der Waals surface area contributed by atoms with E-state index in [4.69, 9.17) is 0 Å². The third kappa shape index (κ3) is 1.63. The Morgan fingerprint density at radius 3 is 2.67 bits per heavy atom. The first-order valence-corrected chi connectivity index (χ1v) is 5.36. The van der Waals surface area contributed by atoms with Gasteiger partial charge in [-0.25, -0.2) is 0 Å². The molecule has 1 aromatic rings. The second-order valence-electron chi connectivity index (χ2n) is 5.07. The summed E-state index contributed by atoms with van der Waals surface area (Å²) in [4.78, 5) is 0. The molecule has 84 valence electrons. The van der Waals surface area contributed by atoms with Crippen molar-refractivity contribution in [3.8, 4) is 0 Å². The molecule has 2 N–H and O–H groups in total. The lowest BCUT2D eigenvalue weighted by Crippen LogP contribution is -2.56. The van der Waals surface area contributed by atoms with Crippen molar-refractivity contribution < 1.29 is 5.11 Å². The molecule has 2 rings (SSSR count). The van der Waals surface area contributed by atoms with Gasteiger partial charge in [0.25, 0.3) is 0 Å². The molecule has 1 aromatic heterocycles. The first-order valence-electron chi connectivity index (χ1n) is 5.36. The minimum Gasteiger partial charge on any atom is -0.392 e. The number of hydrogen-bond donors (Lipinski definition) is 2. The van der Waals surface area contributed by atoms with Gasteiger partial charge in [0.2, 0.25) is 0 Å².